The lowest BCUT2D eigenvalue weighted by atomic mass is 10.2. The molecule has 1 aromatic carbocycles. The fourth-order valence-electron chi connectivity index (χ4n) is 3.62. The minimum absolute atomic E-state index is 0.0559. The lowest BCUT2D eigenvalue weighted by molar-refractivity contribution is -0.0447. The largest absolute Gasteiger partial charge is 0.454 e. The quantitative estimate of drug-likeness (QED) is 0.322. The van der Waals surface area contributed by atoms with Crippen LogP contribution in [0.2, 0.25) is 0 Å². The van der Waals surface area contributed by atoms with Crippen LogP contribution in [0.4, 0.5) is 11.8 Å². The second kappa shape index (κ2) is 10.5. The number of esters is 1. The fraction of sp³-hybridized carbons (Fsp3) is 0.381. The van der Waals surface area contributed by atoms with E-state index in [1.54, 1.807) is 50.3 Å². The Bertz CT molecular complexity index is 1260. The molecule has 2 aromatic heterocycles. The molecule has 0 unspecified atom stereocenters. The maximum atomic E-state index is 12.8. The summed E-state index contributed by atoms with van der Waals surface area (Å²) in [6, 6.07) is 8.55. The maximum absolute atomic E-state index is 12.8. The zero-order valence-electron chi connectivity index (χ0n) is 19.2. The molecule has 1 aliphatic heterocycles. The summed E-state index contributed by atoms with van der Waals surface area (Å²) < 4.78 is 36.7. The molecule has 1 aliphatic rings. The van der Waals surface area contributed by atoms with E-state index in [1.165, 1.54) is 10.5 Å². The number of nitrogens with zero attached hydrogens (tertiary/aromatic N) is 5. The molecule has 186 valence electrons. The van der Waals surface area contributed by atoms with Crippen LogP contribution >= 0.6 is 7.60 Å². The van der Waals surface area contributed by atoms with Gasteiger partial charge in [0.25, 0.3) is 0 Å². The van der Waals surface area contributed by atoms with Gasteiger partial charge in [0, 0.05) is 12.2 Å². The molecule has 4 N–H and O–H groups in total. The molecule has 0 amide bonds. The number of carbonyl (C=O) groups is 1. The van der Waals surface area contributed by atoms with Gasteiger partial charge in [-0.2, -0.15) is 14.6 Å². The van der Waals surface area contributed by atoms with Crippen LogP contribution in [-0.2, 0) is 23.1 Å². The van der Waals surface area contributed by atoms with Crippen LogP contribution in [0.3, 0.4) is 0 Å². The highest BCUT2D eigenvalue weighted by molar-refractivity contribution is 7.57. The summed E-state index contributed by atoms with van der Waals surface area (Å²) in [6.45, 7) is 3.85. The van der Waals surface area contributed by atoms with Gasteiger partial charge in [0.15, 0.2) is 29.3 Å². The molecule has 3 heterocycles. The lowest BCUT2D eigenvalue weighted by Gasteiger charge is -2.19. The third-order valence-electron chi connectivity index (χ3n) is 5.08. The second-order valence-electron chi connectivity index (χ2n) is 7.50. The summed E-state index contributed by atoms with van der Waals surface area (Å²) in [5.74, 6) is 0.794. The van der Waals surface area contributed by atoms with Crippen LogP contribution in [0, 0.1) is 0 Å². The van der Waals surface area contributed by atoms with Crippen molar-refractivity contribution in [3.63, 3.8) is 0 Å². The fourth-order valence-corrected chi connectivity index (χ4v) is 4.99. The first kappa shape index (κ1) is 24.7. The van der Waals surface area contributed by atoms with E-state index in [9.17, 15) is 9.36 Å². The molecule has 0 saturated carbocycles. The van der Waals surface area contributed by atoms with Crippen LogP contribution in [0.5, 0.6) is 0 Å². The van der Waals surface area contributed by atoms with Crippen molar-refractivity contribution >= 4 is 36.5 Å². The van der Waals surface area contributed by atoms with Crippen LogP contribution in [0.25, 0.3) is 11.2 Å². The number of rotatable bonds is 9. The summed E-state index contributed by atoms with van der Waals surface area (Å²) in [7, 11) is -3.46. The summed E-state index contributed by atoms with van der Waals surface area (Å²) in [4.78, 5) is 20.9. The van der Waals surface area contributed by atoms with E-state index >= 15 is 0 Å². The molecule has 4 rings (SSSR count). The molecule has 35 heavy (non-hydrogen) atoms. The number of anilines is 2. The molecule has 0 spiro atoms. The van der Waals surface area contributed by atoms with Crippen molar-refractivity contribution in [1.82, 2.24) is 25.0 Å². The molecular weight excluding hydrogens is 477 g/mol. The van der Waals surface area contributed by atoms with Gasteiger partial charge >= 0.3 is 13.6 Å². The summed E-state index contributed by atoms with van der Waals surface area (Å²) in [6.07, 6.45) is -0.534. The average Bonchev–Trinajstić information content (AvgIpc) is 3.42. The lowest BCUT2D eigenvalue weighted by Crippen LogP contribution is -2.26. The van der Waals surface area contributed by atoms with Crippen molar-refractivity contribution in [2.75, 3.05) is 24.7 Å². The van der Waals surface area contributed by atoms with E-state index < -0.39 is 32.0 Å². The number of nitrogens with two attached hydrogens (primary N) is 2. The van der Waals surface area contributed by atoms with Gasteiger partial charge in [-0.25, -0.2) is 4.79 Å². The normalized spacial score (nSPS) is 20.6. The highest BCUT2D eigenvalue weighted by Gasteiger charge is 2.41. The van der Waals surface area contributed by atoms with Crippen molar-refractivity contribution in [3.05, 3.63) is 47.8 Å². The Labute approximate surface area is 200 Å². The van der Waals surface area contributed by atoms with Crippen molar-refractivity contribution in [1.29, 1.82) is 0 Å². The molecule has 14 heteroatoms. The first-order valence-electron chi connectivity index (χ1n) is 11.0. The molecule has 1 fully saturated rings. The summed E-state index contributed by atoms with van der Waals surface area (Å²) in [5.41, 5.74) is 12.5. The molecule has 1 saturated heterocycles. The Hall–Kier alpha value is -3.38. The average molecular weight is 503 g/mol. The zero-order valence-corrected chi connectivity index (χ0v) is 20.1. The topological polar surface area (TPSA) is 180 Å². The van der Waals surface area contributed by atoms with Crippen molar-refractivity contribution < 1.29 is 27.9 Å². The van der Waals surface area contributed by atoms with E-state index in [0.29, 0.717) is 5.56 Å². The summed E-state index contributed by atoms with van der Waals surface area (Å²) in [5, 5.41) is 8.11. The van der Waals surface area contributed by atoms with Gasteiger partial charge in [-0.05, 0) is 32.1 Å². The highest BCUT2D eigenvalue weighted by atomic mass is 31.2. The molecular formula is C21H26N7O6P. The van der Waals surface area contributed by atoms with Crippen LogP contribution < -0.4 is 11.5 Å². The monoisotopic (exact) mass is 503 g/mol. The zero-order chi connectivity index (χ0) is 25.0. The first-order valence-corrected chi connectivity index (χ1v) is 12.6. The van der Waals surface area contributed by atoms with Crippen molar-refractivity contribution in [2.24, 2.45) is 0 Å². The number of hydrogen-bond donors (Lipinski definition) is 2. The maximum Gasteiger partial charge on any atom is 0.353 e. The molecule has 0 radical (unpaired) electrons. The van der Waals surface area contributed by atoms with E-state index in [0.717, 1.165) is 0 Å². The van der Waals surface area contributed by atoms with E-state index in [2.05, 4.69) is 20.3 Å². The Morgan fingerprint density at radius 1 is 1.20 bits per heavy atom. The van der Waals surface area contributed by atoms with Gasteiger partial charge < -0.3 is 30.0 Å². The molecule has 13 nitrogen and oxygen atoms in total. The molecule has 3 atom stereocenters. The van der Waals surface area contributed by atoms with E-state index in [1.807, 2.05) is 0 Å². The van der Waals surface area contributed by atoms with Gasteiger partial charge in [-0.3, -0.25) is 4.57 Å². The highest BCUT2D eigenvalue weighted by Crippen LogP contribution is 2.50. The predicted molar refractivity (Wildman–Crippen MR) is 126 cm³/mol. The Balaban J connectivity index is 1.65. The predicted octanol–water partition coefficient (Wildman–Crippen LogP) is 2.68. The standard InChI is InChI=1S/C21H26N7O6P/c1-3-31-35(30,32-4-2)11-10-14-12-15(34-20(29)13-8-6-5-7-9-13)19(33-14)28-18-16(26-27-28)17(22)24-21(23)25-18/h5-11,14-15,19H,3-4,12H2,1-2H3,(H4,22,23,24,25)/b11-10+/t14-,15-,19-/m1/s1. The number of ether oxygens (including phenoxy) is 2. The minimum atomic E-state index is -3.46. The van der Waals surface area contributed by atoms with E-state index in [-0.39, 0.29) is 42.6 Å². The van der Waals surface area contributed by atoms with Gasteiger partial charge in [0.2, 0.25) is 5.95 Å². The van der Waals surface area contributed by atoms with Crippen LogP contribution in [-0.4, -0.2) is 56.4 Å². The Morgan fingerprint density at radius 3 is 2.60 bits per heavy atom. The van der Waals surface area contributed by atoms with E-state index in [4.69, 9.17) is 30.0 Å². The smallest absolute Gasteiger partial charge is 0.353 e. The first-order chi connectivity index (χ1) is 16.8. The number of carbonyl (C=O) groups excluding carboxylic acids is 1. The van der Waals surface area contributed by atoms with Crippen molar-refractivity contribution in [3.8, 4) is 0 Å². The van der Waals surface area contributed by atoms with Gasteiger partial charge in [-0.15, -0.1) is 5.10 Å². The van der Waals surface area contributed by atoms with Crippen LogP contribution in [0.1, 0.15) is 36.9 Å². The molecule has 3 aromatic rings. The van der Waals surface area contributed by atoms with Crippen LogP contribution in [0.15, 0.2) is 42.2 Å². The van der Waals surface area contributed by atoms with Gasteiger partial charge in [0.05, 0.1) is 24.9 Å². The third kappa shape index (κ3) is 5.49. The minimum Gasteiger partial charge on any atom is -0.454 e. The number of aromatic nitrogens is 5. The number of benzene rings is 1. The number of fused-ring (bicyclic) bond motifs is 1. The SMILES string of the molecule is CCOP(=O)(/C=C/[C@@H]1C[C@@H](OC(=O)c2ccccc2)[C@H](n2nnc3c(N)nc(N)nc32)O1)OCC. The Morgan fingerprint density at radius 2 is 1.91 bits per heavy atom. The molecule has 0 aliphatic carbocycles. The van der Waals surface area contributed by atoms with Gasteiger partial charge in [0.1, 0.15) is 0 Å². The second-order valence-corrected chi connectivity index (χ2v) is 9.39. The number of nitrogen functional groups attached to an aromatic ring is 2. The Kier molecular flexibility index (Phi) is 7.41. The van der Waals surface area contributed by atoms with Crippen molar-refractivity contribution in [2.45, 2.75) is 38.7 Å². The number of hydrogen-bond acceptors (Lipinski definition) is 12. The summed E-state index contributed by atoms with van der Waals surface area (Å²) >= 11 is 0. The third-order valence-corrected chi connectivity index (χ3v) is 6.85. The molecule has 0 bridgehead atoms. The van der Waals surface area contributed by atoms with Gasteiger partial charge in [-0.1, -0.05) is 23.4 Å².